The van der Waals surface area contributed by atoms with E-state index in [4.69, 9.17) is 9.26 Å². The molecule has 0 saturated carbocycles. The summed E-state index contributed by atoms with van der Waals surface area (Å²) in [5.74, 6) is 0.265. The lowest BCUT2D eigenvalue weighted by Crippen LogP contribution is -2.40. The number of halogens is 1. The van der Waals surface area contributed by atoms with Gasteiger partial charge in [-0.3, -0.25) is 9.59 Å². The van der Waals surface area contributed by atoms with Crippen LogP contribution in [0.15, 0.2) is 39.3 Å². The predicted octanol–water partition coefficient (Wildman–Crippen LogP) is 3.34. The van der Waals surface area contributed by atoms with E-state index in [0.717, 1.165) is 4.47 Å². The summed E-state index contributed by atoms with van der Waals surface area (Å²) in [5.41, 5.74) is 1.26. The second kappa shape index (κ2) is 7.82. The Morgan fingerprint density at radius 3 is 2.56 bits per heavy atom. The highest BCUT2D eigenvalue weighted by molar-refractivity contribution is 9.10. The van der Waals surface area contributed by atoms with Gasteiger partial charge in [0.05, 0.1) is 5.92 Å². The lowest BCUT2D eigenvalue weighted by molar-refractivity contribution is -0.151. The van der Waals surface area contributed by atoms with Crippen LogP contribution in [0.5, 0.6) is 0 Å². The Morgan fingerprint density at radius 1 is 1.28 bits per heavy atom. The van der Waals surface area contributed by atoms with Gasteiger partial charge < -0.3 is 14.2 Å². The molecule has 0 unspecified atom stereocenters. The van der Waals surface area contributed by atoms with Gasteiger partial charge in [0.15, 0.2) is 0 Å². The van der Waals surface area contributed by atoms with E-state index in [0.29, 0.717) is 42.9 Å². The van der Waals surface area contributed by atoms with E-state index in [1.165, 1.54) is 0 Å². The smallest absolute Gasteiger partial charge is 0.309 e. The highest BCUT2D eigenvalue weighted by Gasteiger charge is 2.29. The molecule has 1 aromatic heterocycles. The number of benzene rings is 1. The third kappa shape index (κ3) is 4.48. The van der Waals surface area contributed by atoms with Crippen LogP contribution in [0.4, 0.5) is 0 Å². The molecule has 1 saturated heterocycles. The number of hydrogen-bond acceptors (Lipinski definition) is 5. The van der Waals surface area contributed by atoms with Crippen LogP contribution in [0, 0.1) is 12.8 Å². The Labute approximate surface area is 154 Å². The largest absolute Gasteiger partial charge is 0.459 e. The zero-order valence-electron chi connectivity index (χ0n) is 13.9. The van der Waals surface area contributed by atoms with Crippen molar-refractivity contribution in [1.29, 1.82) is 0 Å². The van der Waals surface area contributed by atoms with Gasteiger partial charge in [0, 0.05) is 29.2 Å². The summed E-state index contributed by atoms with van der Waals surface area (Å²) < 4.78 is 11.2. The van der Waals surface area contributed by atoms with E-state index in [2.05, 4.69) is 21.1 Å². The average molecular weight is 407 g/mol. The topological polar surface area (TPSA) is 72.6 Å². The van der Waals surface area contributed by atoms with Crippen molar-refractivity contribution in [2.75, 3.05) is 13.1 Å². The van der Waals surface area contributed by atoms with Crippen LogP contribution in [0.25, 0.3) is 0 Å². The van der Waals surface area contributed by atoms with Gasteiger partial charge in [-0.15, -0.1) is 0 Å². The fourth-order valence-corrected chi connectivity index (χ4v) is 3.11. The molecule has 3 rings (SSSR count). The van der Waals surface area contributed by atoms with Crippen molar-refractivity contribution < 1.29 is 18.8 Å². The minimum absolute atomic E-state index is 0.00242. The molecule has 0 bridgehead atoms. The summed E-state index contributed by atoms with van der Waals surface area (Å²) in [5, 5.41) is 3.80. The summed E-state index contributed by atoms with van der Waals surface area (Å²) in [6.07, 6.45) is 1.22. The van der Waals surface area contributed by atoms with Crippen molar-refractivity contribution in [2.24, 2.45) is 5.92 Å². The molecule has 1 aromatic carbocycles. The first-order valence-corrected chi connectivity index (χ1v) is 8.96. The van der Waals surface area contributed by atoms with Crippen LogP contribution in [-0.2, 0) is 16.1 Å². The Bertz CT molecular complexity index is 749. The molecule has 1 aliphatic rings. The first kappa shape index (κ1) is 17.7. The van der Waals surface area contributed by atoms with Crippen LogP contribution in [0.2, 0.25) is 0 Å². The van der Waals surface area contributed by atoms with Gasteiger partial charge in [-0.2, -0.15) is 0 Å². The Hall–Kier alpha value is -2.15. The van der Waals surface area contributed by atoms with Crippen molar-refractivity contribution >= 4 is 27.8 Å². The maximum Gasteiger partial charge on any atom is 0.309 e. The van der Waals surface area contributed by atoms with E-state index in [1.807, 2.05) is 12.1 Å². The molecule has 132 valence electrons. The number of rotatable bonds is 4. The number of aryl methyl sites for hydroxylation is 1. The fourth-order valence-electron chi connectivity index (χ4n) is 2.84. The summed E-state index contributed by atoms with van der Waals surface area (Å²) in [4.78, 5) is 26.4. The van der Waals surface area contributed by atoms with Crippen molar-refractivity contribution in [2.45, 2.75) is 26.4 Å². The number of esters is 1. The van der Waals surface area contributed by atoms with Gasteiger partial charge in [-0.05, 0) is 44.0 Å². The molecule has 2 heterocycles. The molecule has 0 spiro atoms. The molecule has 0 aliphatic carbocycles. The van der Waals surface area contributed by atoms with Gasteiger partial charge in [0.25, 0.3) is 5.91 Å². The fraction of sp³-hybridized carbons (Fsp3) is 0.389. The molecule has 0 N–H and O–H groups in total. The Balaban J connectivity index is 1.48. The summed E-state index contributed by atoms with van der Waals surface area (Å²) >= 11 is 3.36. The van der Waals surface area contributed by atoms with Crippen LogP contribution in [-0.4, -0.2) is 35.0 Å². The highest BCUT2D eigenvalue weighted by atomic mass is 79.9. The van der Waals surface area contributed by atoms with Gasteiger partial charge >= 0.3 is 5.97 Å². The number of hydrogen-bond donors (Lipinski definition) is 0. The van der Waals surface area contributed by atoms with Crippen LogP contribution >= 0.6 is 15.9 Å². The number of piperidine rings is 1. The predicted molar refractivity (Wildman–Crippen MR) is 93.8 cm³/mol. The molecule has 7 heteroatoms. The zero-order chi connectivity index (χ0) is 17.8. The van der Waals surface area contributed by atoms with E-state index < -0.39 is 0 Å². The first-order chi connectivity index (χ1) is 12.0. The normalized spacial score (nSPS) is 15.2. The van der Waals surface area contributed by atoms with E-state index in [9.17, 15) is 9.59 Å². The highest BCUT2D eigenvalue weighted by Crippen LogP contribution is 2.21. The molecule has 25 heavy (non-hydrogen) atoms. The molecule has 6 nitrogen and oxygen atoms in total. The molecule has 1 aliphatic heterocycles. The quantitative estimate of drug-likeness (QED) is 0.727. The van der Waals surface area contributed by atoms with Crippen LogP contribution in [0.3, 0.4) is 0 Å². The molecular formula is C18H19BrN2O4. The standard InChI is InChI=1S/C18H19BrN2O4/c1-12-10-16(20-25-12)11-24-18(23)14-6-8-21(9-7-14)17(22)13-2-4-15(19)5-3-13/h2-5,10,14H,6-9,11H2,1H3. The second-order valence-electron chi connectivity index (χ2n) is 6.11. The van der Waals surface area contributed by atoms with Crippen molar-refractivity contribution in [3.8, 4) is 0 Å². The van der Waals surface area contributed by atoms with Crippen LogP contribution < -0.4 is 0 Å². The lowest BCUT2D eigenvalue weighted by Gasteiger charge is -2.31. The molecule has 0 radical (unpaired) electrons. The average Bonchev–Trinajstić information content (AvgIpc) is 3.05. The van der Waals surface area contributed by atoms with Gasteiger partial charge in [-0.25, -0.2) is 0 Å². The van der Waals surface area contributed by atoms with E-state index in [1.54, 1.807) is 30.0 Å². The number of carbonyl (C=O) groups excluding carboxylic acids is 2. The van der Waals surface area contributed by atoms with Crippen molar-refractivity contribution in [1.82, 2.24) is 10.1 Å². The lowest BCUT2D eigenvalue weighted by atomic mass is 9.96. The molecule has 1 amide bonds. The van der Waals surface area contributed by atoms with Gasteiger partial charge in [-0.1, -0.05) is 21.1 Å². The van der Waals surface area contributed by atoms with Gasteiger partial charge in [0.2, 0.25) is 0 Å². The summed E-state index contributed by atoms with van der Waals surface area (Å²) in [6, 6.07) is 9.04. The molecule has 0 atom stereocenters. The maximum absolute atomic E-state index is 12.5. The number of aromatic nitrogens is 1. The van der Waals surface area contributed by atoms with Crippen molar-refractivity contribution in [3.05, 3.63) is 51.8 Å². The Kier molecular flexibility index (Phi) is 5.53. The third-order valence-corrected chi connectivity index (χ3v) is 4.77. The number of ether oxygens (including phenoxy) is 1. The third-order valence-electron chi connectivity index (χ3n) is 4.25. The van der Waals surface area contributed by atoms with Crippen LogP contribution in [0.1, 0.15) is 34.7 Å². The summed E-state index contributed by atoms with van der Waals surface area (Å²) in [6.45, 7) is 3.01. The number of carbonyl (C=O) groups is 2. The second-order valence-corrected chi connectivity index (χ2v) is 7.03. The minimum atomic E-state index is -0.239. The monoisotopic (exact) mass is 406 g/mol. The molecular weight excluding hydrogens is 388 g/mol. The van der Waals surface area contributed by atoms with Crippen molar-refractivity contribution in [3.63, 3.8) is 0 Å². The first-order valence-electron chi connectivity index (χ1n) is 8.16. The maximum atomic E-state index is 12.5. The van der Waals surface area contributed by atoms with E-state index >= 15 is 0 Å². The number of likely N-dealkylation sites (tertiary alicyclic amines) is 1. The molecule has 2 aromatic rings. The number of amides is 1. The van der Waals surface area contributed by atoms with E-state index in [-0.39, 0.29) is 24.4 Å². The number of nitrogens with zero attached hydrogens (tertiary/aromatic N) is 2. The Morgan fingerprint density at radius 2 is 1.96 bits per heavy atom. The minimum Gasteiger partial charge on any atom is -0.459 e. The van der Waals surface area contributed by atoms with Gasteiger partial charge in [0.1, 0.15) is 18.1 Å². The molecule has 1 fully saturated rings. The zero-order valence-corrected chi connectivity index (χ0v) is 15.5. The summed E-state index contributed by atoms with van der Waals surface area (Å²) in [7, 11) is 0. The SMILES string of the molecule is Cc1cc(COC(=O)C2CCN(C(=O)c3ccc(Br)cc3)CC2)no1.